The van der Waals surface area contributed by atoms with Crippen molar-refractivity contribution < 1.29 is 14.3 Å². The van der Waals surface area contributed by atoms with E-state index in [-0.39, 0.29) is 10.7 Å². The lowest BCUT2D eigenvalue weighted by atomic mass is 10.1. The van der Waals surface area contributed by atoms with E-state index in [1.807, 2.05) is 6.07 Å². The fourth-order valence-corrected chi connectivity index (χ4v) is 2.69. The summed E-state index contributed by atoms with van der Waals surface area (Å²) in [6.45, 7) is 0. The molecule has 0 radical (unpaired) electrons. The van der Waals surface area contributed by atoms with Gasteiger partial charge in [0.1, 0.15) is 16.5 Å². The molecule has 29 heavy (non-hydrogen) atoms. The summed E-state index contributed by atoms with van der Waals surface area (Å²) in [4.78, 5) is 29.8. The molecule has 2 amide bonds. The van der Waals surface area contributed by atoms with E-state index < -0.39 is 11.8 Å². The minimum atomic E-state index is -0.591. The standard InChI is InChI=1S/C22H18ClN3O3/c1-29-18-11-5-10-17(14-18)26-22(28)19(13-15-7-6-12-24-20(15)23)21(27)25-16-8-3-2-4-9-16/h2-14H,1H3,(H,25,27)(H,26,28). The summed E-state index contributed by atoms with van der Waals surface area (Å²) in [7, 11) is 1.53. The van der Waals surface area contributed by atoms with Crippen LogP contribution in [0.1, 0.15) is 5.56 Å². The molecule has 2 aromatic carbocycles. The third-order valence-electron chi connectivity index (χ3n) is 3.94. The Morgan fingerprint density at radius 1 is 0.931 bits per heavy atom. The number of carbonyl (C=O) groups is 2. The van der Waals surface area contributed by atoms with Crippen LogP contribution in [0, 0.1) is 0 Å². The van der Waals surface area contributed by atoms with E-state index >= 15 is 0 Å². The maximum absolute atomic E-state index is 12.9. The van der Waals surface area contributed by atoms with Crippen molar-refractivity contribution in [2.75, 3.05) is 17.7 Å². The Balaban J connectivity index is 1.92. The second-order valence-electron chi connectivity index (χ2n) is 5.95. The Kier molecular flexibility index (Phi) is 6.60. The lowest BCUT2D eigenvalue weighted by molar-refractivity contribution is -0.118. The number of halogens is 1. The van der Waals surface area contributed by atoms with E-state index in [0.717, 1.165) is 0 Å². The quantitative estimate of drug-likeness (QED) is 0.274. The second kappa shape index (κ2) is 9.52. The highest BCUT2D eigenvalue weighted by Crippen LogP contribution is 2.20. The first-order valence-corrected chi connectivity index (χ1v) is 9.08. The Bertz CT molecular complexity index is 1050. The second-order valence-corrected chi connectivity index (χ2v) is 6.31. The van der Waals surface area contributed by atoms with Crippen molar-refractivity contribution in [3.8, 4) is 5.75 Å². The van der Waals surface area contributed by atoms with Gasteiger partial charge in [0.25, 0.3) is 11.8 Å². The number of para-hydroxylation sites is 1. The molecule has 1 heterocycles. The minimum absolute atomic E-state index is 0.119. The number of hydrogen-bond acceptors (Lipinski definition) is 4. The smallest absolute Gasteiger partial charge is 0.261 e. The van der Waals surface area contributed by atoms with Crippen LogP contribution in [0.3, 0.4) is 0 Å². The first kappa shape index (κ1) is 20.1. The van der Waals surface area contributed by atoms with Crippen LogP contribution in [0.25, 0.3) is 6.08 Å². The van der Waals surface area contributed by atoms with Crippen LogP contribution < -0.4 is 15.4 Å². The normalized spacial score (nSPS) is 10.9. The van der Waals surface area contributed by atoms with E-state index in [0.29, 0.717) is 22.7 Å². The summed E-state index contributed by atoms with van der Waals surface area (Å²) < 4.78 is 5.16. The first-order valence-electron chi connectivity index (χ1n) is 8.71. The number of nitrogens with zero attached hydrogens (tertiary/aromatic N) is 1. The highest BCUT2D eigenvalue weighted by atomic mass is 35.5. The van der Waals surface area contributed by atoms with Gasteiger partial charge in [-0.1, -0.05) is 41.9 Å². The molecule has 0 aliphatic rings. The summed E-state index contributed by atoms with van der Waals surface area (Å²) in [5.74, 6) is -0.583. The van der Waals surface area contributed by atoms with Crippen molar-refractivity contribution in [2.24, 2.45) is 0 Å². The van der Waals surface area contributed by atoms with Gasteiger partial charge in [0.2, 0.25) is 0 Å². The Labute approximate surface area is 173 Å². The number of nitrogens with one attached hydrogen (secondary N) is 2. The van der Waals surface area contributed by atoms with Crippen LogP contribution in [0.15, 0.2) is 78.5 Å². The first-order chi connectivity index (χ1) is 14.1. The van der Waals surface area contributed by atoms with E-state index in [9.17, 15) is 9.59 Å². The van der Waals surface area contributed by atoms with Crippen LogP contribution in [-0.2, 0) is 9.59 Å². The summed E-state index contributed by atoms with van der Waals surface area (Å²) in [6.07, 6.45) is 2.93. The van der Waals surface area contributed by atoms with Crippen LogP contribution in [0.2, 0.25) is 5.15 Å². The van der Waals surface area contributed by atoms with Gasteiger partial charge in [0.15, 0.2) is 0 Å². The maximum Gasteiger partial charge on any atom is 0.261 e. The Morgan fingerprint density at radius 2 is 1.62 bits per heavy atom. The van der Waals surface area contributed by atoms with Crippen molar-refractivity contribution in [3.63, 3.8) is 0 Å². The van der Waals surface area contributed by atoms with E-state index in [2.05, 4.69) is 15.6 Å². The molecular weight excluding hydrogens is 390 g/mol. The molecule has 0 aliphatic heterocycles. The van der Waals surface area contributed by atoms with Gasteiger partial charge in [-0.25, -0.2) is 4.98 Å². The van der Waals surface area contributed by atoms with Crippen molar-refractivity contribution in [2.45, 2.75) is 0 Å². The Hall–Kier alpha value is -3.64. The van der Waals surface area contributed by atoms with Gasteiger partial charge in [-0.3, -0.25) is 9.59 Å². The molecule has 6 nitrogen and oxygen atoms in total. The van der Waals surface area contributed by atoms with Crippen molar-refractivity contribution in [1.82, 2.24) is 4.98 Å². The molecule has 0 unspecified atom stereocenters. The topological polar surface area (TPSA) is 80.3 Å². The molecule has 0 saturated heterocycles. The van der Waals surface area contributed by atoms with E-state index in [4.69, 9.17) is 16.3 Å². The maximum atomic E-state index is 12.9. The molecule has 0 aliphatic carbocycles. The predicted octanol–water partition coefficient (Wildman–Crippen LogP) is 4.40. The van der Waals surface area contributed by atoms with Gasteiger partial charge < -0.3 is 15.4 Å². The number of aromatic nitrogens is 1. The minimum Gasteiger partial charge on any atom is -0.497 e. The SMILES string of the molecule is COc1cccc(NC(=O)C(=Cc2cccnc2Cl)C(=O)Nc2ccccc2)c1. The molecule has 7 heteroatoms. The molecule has 1 aromatic heterocycles. The average molecular weight is 408 g/mol. The number of rotatable bonds is 6. The van der Waals surface area contributed by atoms with Crippen molar-refractivity contribution in [1.29, 1.82) is 0 Å². The number of hydrogen-bond donors (Lipinski definition) is 2. The van der Waals surface area contributed by atoms with E-state index in [1.165, 1.54) is 19.4 Å². The van der Waals surface area contributed by atoms with Gasteiger partial charge in [0, 0.05) is 29.2 Å². The highest BCUT2D eigenvalue weighted by molar-refractivity contribution is 6.32. The largest absolute Gasteiger partial charge is 0.497 e. The molecule has 0 saturated carbocycles. The summed E-state index contributed by atoms with van der Waals surface area (Å²) in [5.41, 5.74) is 1.39. The third kappa shape index (κ3) is 5.43. The average Bonchev–Trinajstić information content (AvgIpc) is 2.73. The molecule has 2 N–H and O–H groups in total. The van der Waals surface area contributed by atoms with Gasteiger partial charge in [-0.2, -0.15) is 0 Å². The fraction of sp³-hybridized carbons (Fsp3) is 0.0455. The molecule has 146 valence electrons. The van der Waals surface area contributed by atoms with Crippen molar-refractivity contribution in [3.05, 3.63) is 89.2 Å². The zero-order valence-electron chi connectivity index (χ0n) is 15.6. The number of pyridine rings is 1. The number of anilines is 2. The molecule has 3 aromatic rings. The molecule has 3 rings (SSSR count). The van der Waals surface area contributed by atoms with Gasteiger partial charge >= 0.3 is 0 Å². The highest BCUT2D eigenvalue weighted by Gasteiger charge is 2.20. The predicted molar refractivity (Wildman–Crippen MR) is 114 cm³/mol. The summed E-state index contributed by atoms with van der Waals surface area (Å²) in [6, 6.07) is 19.0. The summed E-state index contributed by atoms with van der Waals surface area (Å²) in [5, 5.41) is 5.61. The molecule has 0 spiro atoms. The number of methoxy groups -OCH3 is 1. The lowest BCUT2D eigenvalue weighted by Gasteiger charge is -2.11. The fourth-order valence-electron chi connectivity index (χ4n) is 2.52. The van der Waals surface area contributed by atoms with Crippen LogP contribution in [-0.4, -0.2) is 23.9 Å². The monoisotopic (exact) mass is 407 g/mol. The molecule has 0 atom stereocenters. The zero-order chi connectivity index (χ0) is 20.6. The van der Waals surface area contributed by atoms with Gasteiger partial charge in [-0.15, -0.1) is 0 Å². The van der Waals surface area contributed by atoms with Crippen LogP contribution in [0.4, 0.5) is 11.4 Å². The van der Waals surface area contributed by atoms with E-state index in [1.54, 1.807) is 60.7 Å². The third-order valence-corrected chi connectivity index (χ3v) is 4.25. The van der Waals surface area contributed by atoms with Crippen molar-refractivity contribution >= 4 is 40.9 Å². The molecule has 0 fully saturated rings. The Morgan fingerprint density at radius 3 is 2.31 bits per heavy atom. The van der Waals surface area contributed by atoms with Crippen LogP contribution in [0.5, 0.6) is 5.75 Å². The van der Waals surface area contributed by atoms with Crippen LogP contribution >= 0.6 is 11.6 Å². The van der Waals surface area contributed by atoms with Gasteiger partial charge in [0.05, 0.1) is 7.11 Å². The summed E-state index contributed by atoms with van der Waals surface area (Å²) >= 11 is 6.10. The number of carbonyl (C=O) groups excluding carboxylic acids is 2. The number of benzene rings is 2. The zero-order valence-corrected chi connectivity index (χ0v) is 16.3. The van der Waals surface area contributed by atoms with Gasteiger partial charge in [-0.05, 0) is 36.4 Å². The lowest BCUT2D eigenvalue weighted by Crippen LogP contribution is -2.25. The number of ether oxygens (including phenoxy) is 1. The molecular formula is C22H18ClN3O3. The molecule has 0 bridgehead atoms. The number of amides is 2.